The van der Waals surface area contributed by atoms with Gasteiger partial charge in [0, 0.05) is 6.08 Å². The van der Waals surface area contributed by atoms with E-state index in [9.17, 15) is 18.0 Å². The van der Waals surface area contributed by atoms with Crippen LogP contribution in [0.2, 0.25) is 0 Å². The second-order valence-electron chi connectivity index (χ2n) is 5.46. The number of alkyl halides is 3. The number of halogens is 3. The molecule has 1 N–H and O–H groups in total. The standard InChI is InChI=1S/C19H18F3NO2/c1-13(15-4-3-5-16(12-15)19(20,21)22)23-18(24)11-8-14-6-9-17(25-2)10-7-14/h3-13H,1-2H3,(H,23,24)/b11-8+/t13-/m1/s1. The van der Waals surface area contributed by atoms with Gasteiger partial charge in [-0.25, -0.2) is 0 Å². The van der Waals surface area contributed by atoms with Gasteiger partial charge in [0.15, 0.2) is 0 Å². The molecule has 0 aliphatic carbocycles. The number of benzene rings is 2. The Morgan fingerprint density at radius 1 is 1.16 bits per heavy atom. The zero-order valence-corrected chi connectivity index (χ0v) is 13.8. The molecule has 6 heteroatoms. The van der Waals surface area contributed by atoms with Gasteiger partial charge < -0.3 is 10.1 Å². The summed E-state index contributed by atoms with van der Waals surface area (Å²) < 4.78 is 43.3. The van der Waals surface area contributed by atoms with Crippen molar-refractivity contribution >= 4 is 12.0 Å². The van der Waals surface area contributed by atoms with Crippen LogP contribution in [-0.2, 0) is 11.0 Å². The highest BCUT2D eigenvalue weighted by Gasteiger charge is 2.30. The van der Waals surface area contributed by atoms with E-state index in [0.717, 1.165) is 17.7 Å². The molecule has 132 valence electrons. The van der Waals surface area contributed by atoms with E-state index in [1.165, 1.54) is 12.1 Å². The van der Waals surface area contributed by atoms with E-state index in [1.54, 1.807) is 50.4 Å². The molecule has 0 saturated carbocycles. The molecule has 0 aliphatic rings. The second kappa shape index (κ2) is 7.88. The summed E-state index contributed by atoms with van der Waals surface area (Å²) >= 11 is 0. The van der Waals surface area contributed by atoms with E-state index in [1.807, 2.05) is 0 Å². The van der Waals surface area contributed by atoms with E-state index in [-0.39, 0.29) is 5.91 Å². The first-order chi connectivity index (χ1) is 11.8. The fourth-order valence-electron chi connectivity index (χ4n) is 2.22. The van der Waals surface area contributed by atoms with E-state index >= 15 is 0 Å². The highest BCUT2D eigenvalue weighted by atomic mass is 19.4. The van der Waals surface area contributed by atoms with Gasteiger partial charge in [0.2, 0.25) is 5.91 Å². The monoisotopic (exact) mass is 349 g/mol. The van der Waals surface area contributed by atoms with Crippen LogP contribution in [0.1, 0.15) is 29.7 Å². The minimum absolute atomic E-state index is 0.388. The number of nitrogens with one attached hydrogen (secondary N) is 1. The first-order valence-electron chi connectivity index (χ1n) is 7.59. The number of ether oxygens (including phenoxy) is 1. The Morgan fingerprint density at radius 3 is 2.44 bits per heavy atom. The summed E-state index contributed by atoms with van der Waals surface area (Å²) in [5.41, 5.74) is 0.462. The van der Waals surface area contributed by atoms with Gasteiger partial charge in [0.25, 0.3) is 0 Å². The topological polar surface area (TPSA) is 38.3 Å². The van der Waals surface area contributed by atoms with E-state index in [4.69, 9.17) is 4.74 Å². The van der Waals surface area contributed by atoms with Crippen LogP contribution in [-0.4, -0.2) is 13.0 Å². The minimum Gasteiger partial charge on any atom is -0.497 e. The molecule has 3 nitrogen and oxygen atoms in total. The molecule has 0 radical (unpaired) electrons. The third-order valence-electron chi connectivity index (χ3n) is 3.62. The second-order valence-corrected chi connectivity index (χ2v) is 5.46. The third kappa shape index (κ3) is 5.38. The van der Waals surface area contributed by atoms with Gasteiger partial charge in [0.1, 0.15) is 5.75 Å². The van der Waals surface area contributed by atoms with Gasteiger partial charge in [-0.3, -0.25) is 4.79 Å². The van der Waals surface area contributed by atoms with E-state index < -0.39 is 17.8 Å². The Kier molecular flexibility index (Phi) is 5.85. The molecule has 1 amide bonds. The van der Waals surface area contributed by atoms with Crippen LogP contribution in [0.5, 0.6) is 5.75 Å². The van der Waals surface area contributed by atoms with Crippen LogP contribution in [0.25, 0.3) is 6.08 Å². The van der Waals surface area contributed by atoms with Crippen molar-refractivity contribution in [3.05, 3.63) is 71.3 Å². The van der Waals surface area contributed by atoms with Gasteiger partial charge in [-0.2, -0.15) is 13.2 Å². The summed E-state index contributed by atoms with van der Waals surface area (Å²) in [7, 11) is 1.56. The van der Waals surface area contributed by atoms with E-state index in [2.05, 4.69) is 5.32 Å². The molecular weight excluding hydrogens is 331 g/mol. The van der Waals surface area contributed by atoms with Crippen molar-refractivity contribution < 1.29 is 22.7 Å². The van der Waals surface area contributed by atoms with Crippen LogP contribution >= 0.6 is 0 Å². The van der Waals surface area contributed by atoms with Crippen molar-refractivity contribution in [1.82, 2.24) is 5.32 Å². The minimum atomic E-state index is -4.41. The summed E-state index contributed by atoms with van der Waals surface area (Å²) in [5, 5.41) is 2.65. The number of carbonyl (C=O) groups is 1. The van der Waals surface area contributed by atoms with Crippen molar-refractivity contribution in [2.24, 2.45) is 0 Å². The maximum absolute atomic E-state index is 12.7. The number of amides is 1. The van der Waals surface area contributed by atoms with Crippen LogP contribution in [0, 0.1) is 0 Å². The number of hydrogen-bond acceptors (Lipinski definition) is 2. The van der Waals surface area contributed by atoms with Crippen LogP contribution in [0.15, 0.2) is 54.6 Å². The summed E-state index contributed by atoms with van der Waals surface area (Å²) in [4.78, 5) is 12.0. The Morgan fingerprint density at radius 2 is 1.84 bits per heavy atom. The lowest BCUT2D eigenvalue weighted by Crippen LogP contribution is -2.24. The highest BCUT2D eigenvalue weighted by molar-refractivity contribution is 5.92. The average Bonchev–Trinajstić information content (AvgIpc) is 2.59. The average molecular weight is 349 g/mol. The summed E-state index contributed by atoms with van der Waals surface area (Å²) in [6.45, 7) is 1.63. The molecule has 25 heavy (non-hydrogen) atoms. The smallest absolute Gasteiger partial charge is 0.416 e. The van der Waals surface area contributed by atoms with Gasteiger partial charge in [0.05, 0.1) is 18.7 Å². The largest absolute Gasteiger partial charge is 0.497 e. The molecule has 0 spiro atoms. The Bertz CT molecular complexity index is 752. The Labute approximate surface area is 144 Å². The Hall–Kier alpha value is -2.76. The van der Waals surface area contributed by atoms with Crippen molar-refractivity contribution in [1.29, 1.82) is 0 Å². The molecule has 0 aromatic heterocycles. The number of carbonyl (C=O) groups excluding carboxylic acids is 1. The first kappa shape index (κ1) is 18.6. The molecule has 1 atom stereocenters. The van der Waals surface area contributed by atoms with Crippen molar-refractivity contribution in [2.45, 2.75) is 19.1 Å². The lowest BCUT2D eigenvalue weighted by Gasteiger charge is -2.15. The van der Waals surface area contributed by atoms with E-state index in [0.29, 0.717) is 11.3 Å². The highest BCUT2D eigenvalue weighted by Crippen LogP contribution is 2.30. The van der Waals surface area contributed by atoms with Crippen molar-refractivity contribution in [3.63, 3.8) is 0 Å². The molecule has 2 rings (SSSR count). The Balaban J connectivity index is 2.01. The molecule has 0 unspecified atom stereocenters. The molecular formula is C19H18F3NO2. The van der Waals surface area contributed by atoms with Crippen LogP contribution < -0.4 is 10.1 Å². The summed E-state index contributed by atoms with van der Waals surface area (Å²) in [6, 6.07) is 11.5. The summed E-state index contributed by atoms with van der Waals surface area (Å²) in [6.07, 6.45) is -1.45. The molecule has 2 aromatic rings. The predicted molar refractivity (Wildman–Crippen MR) is 90.0 cm³/mol. The third-order valence-corrected chi connectivity index (χ3v) is 3.62. The summed E-state index contributed by atoms with van der Waals surface area (Å²) in [5.74, 6) is 0.320. The van der Waals surface area contributed by atoms with Gasteiger partial charge in [-0.1, -0.05) is 24.3 Å². The normalized spacial score (nSPS) is 12.8. The number of methoxy groups -OCH3 is 1. The maximum atomic E-state index is 12.7. The lowest BCUT2D eigenvalue weighted by molar-refractivity contribution is -0.137. The van der Waals surface area contributed by atoms with Gasteiger partial charge >= 0.3 is 6.18 Å². The molecule has 2 aromatic carbocycles. The maximum Gasteiger partial charge on any atom is 0.416 e. The lowest BCUT2D eigenvalue weighted by atomic mass is 10.0. The predicted octanol–water partition coefficient (Wildman–Crippen LogP) is 4.60. The quantitative estimate of drug-likeness (QED) is 0.801. The van der Waals surface area contributed by atoms with Crippen molar-refractivity contribution in [3.8, 4) is 5.75 Å². The van der Waals surface area contributed by atoms with Gasteiger partial charge in [-0.05, 0) is 48.4 Å². The molecule has 0 saturated heterocycles. The molecule has 0 bridgehead atoms. The molecule has 0 aliphatic heterocycles. The fourth-order valence-corrected chi connectivity index (χ4v) is 2.22. The molecule has 0 heterocycles. The first-order valence-corrected chi connectivity index (χ1v) is 7.59. The van der Waals surface area contributed by atoms with Crippen molar-refractivity contribution in [2.75, 3.05) is 7.11 Å². The SMILES string of the molecule is COc1ccc(/C=C/C(=O)N[C@H](C)c2cccc(C(F)(F)F)c2)cc1. The fraction of sp³-hybridized carbons (Fsp3) is 0.211. The zero-order valence-electron chi connectivity index (χ0n) is 13.8. The number of rotatable bonds is 5. The molecule has 0 fully saturated rings. The zero-order chi connectivity index (χ0) is 18.4. The number of hydrogen-bond donors (Lipinski definition) is 1. The van der Waals surface area contributed by atoms with Gasteiger partial charge in [-0.15, -0.1) is 0 Å². The van der Waals surface area contributed by atoms with Crippen LogP contribution in [0.4, 0.5) is 13.2 Å². The van der Waals surface area contributed by atoms with Crippen LogP contribution in [0.3, 0.4) is 0 Å².